The second-order valence-electron chi connectivity index (χ2n) is 4.38. The van der Waals surface area contributed by atoms with Crippen LogP contribution in [-0.2, 0) is 4.74 Å². The van der Waals surface area contributed by atoms with E-state index in [9.17, 15) is 4.79 Å². The molecular weight excluding hydrogens is 216 g/mol. The van der Waals surface area contributed by atoms with Crippen LogP contribution in [0.4, 0.5) is 5.69 Å². The molecule has 1 rings (SSSR count). The highest BCUT2D eigenvalue weighted by atomic mass is 16.5. The quantitative estimate of drug-likeness (QED) is 0.725. The molecule has 0 saturated carbocycles. The lowest BCUT2D eigenvalue weighted by Gasteiger charge is -2.13. The Morgan fingerprint density at radius 3 is 2.18 bits per heavy atom. The zero-order chi connectivity index (χ0) is 12.8. The number of carbonyl (C=O) groups is 1. The number of nitrogens with zero attached hydrogens (tertiary/aromatic N) is 2. The molecular formula is C13H20N2O2. The molecule has 0 aliphatic rings. The number of benzene rings is 1. The summed E-state index contributed by atoms with van der Waals surface area (Å²) >= 11 is 0. The molecule has 0 radical (unpaired) electrons. The van der Waals surface area contributed by atoms with Crippen molar-refractivity contribution in [3.8, 4) is 0 Å². The van der Waals surface area contributed by atoms with Crippen LogP contribution >= 0.6 is 0 Å². The fourth-order valence-electron chi connectivity index (χ4n) is 1.30. The molecule has 0 unspecified atom stereocenters. The molecule has 1 aromatic carbocycles. The van der Waals surface area contributed by atoms with Gasteiger partial charge in [-0.05, 0) is 38.4 Å². The van der Waals surface area contributed by atoms with Crippen LogP contribution in [0.2, 0.25) is 0 Å². The molecule has 1 aromatic rings. The van der Waals surface area contributed by atoms with Gasteiger partial charge in [0.15, 0.2) is 0 Å². The largest absolute Gasteiger partial charge is 0.461 e. The molecule has 0 bridgehead atoms. The Morgan fingerprint density at radius 2 is 1.71 bits per heavy atom. The topological polar surface area (TPSA) is 32.8 Å². The minimum Gasteiger partial charge on any atom is -0.461 e. The summed E-state index contributed by atoms with van der Waals surface area (Å²) in [5, 5.41) is 0. The van der Waals surface area contributed by atoms with E-state index in [2.05, 4.69) is 0 Å². The van der Waals surface area contributed by atoms with E-state index in [0.29, 0.717) is 12.2 Å². The summed E-state index contributed by atoms with van der Waals surface area (Å²) in [6, 6.07) is 7.38. The van der Waals surface area contributed by atoms with Gasteiger partial charge in [-0.2, -0.15) is 0 Å². The highest BCUT2D eigenvalue weighted by Crippen LogP contribution is 2.12. The highest BCUT2D eigenvalue weighted by Gasteiger charge is 2.07. The van der Waals surface area contributed by atoms with E-state index in [0.717, 1.165) is 12.2 Å². The molecule has 0 atom stereocenters. The minimum absolute atomic E-state index is 0.267. The Kier molecular flexibility index (Phi) is 4.97. The maximum Gasteiger partial charge on any atom is 0.338 e. The Morgan fingerprint density at radius 1 is 1.12 bits per heavy atom. The summed E-state index contributed by atoms with van der Waals surface area (Å²) in [4.78, 5) is 15.6. The van der Waals surface area contributed by atoms with Crippen molar-refractivity contribution >= 4 is 11.7 Å². The SMILES string of the molecule is CN(C)CCOC(=O)c1ccc(N(C)C)cc1. The fourth-order valence-corrected chi connectivity index (χ4v) is 1.30. The minimum atomic E-state index is -0.267. The molecule has 0 N–H and O–H groups in total. The van der Waals surface area contributed by atoms with Crippen molar-refractivity contribution in [3.63, 3.8) is 0 Å². The van der Waals surface area contributed by atoms with Crippen LogP contribution in [0.15, 0.2) is 24.3 Å². The molecule has 17 heavy (non-hydrogen) atoms. The average molecular weight is 236 g/mol. The fraction of sp³-hybridized carbons (Fsp3) is 0.462. The highest BCUT2D eigenvalue weighted by molar-refractivity contribution is 5.89. The van der Waals surface area contributed by atoms with Crippen LogP contribution in [0.1, 0.15) is 10.4 Å². The lowest BCUT2D eigenvalue weighted by molar-refractivity contribution is 0.0482. The van der Waals surface area contributed by atoms with Crippen LogP contribution in [0.5, 0.6) is 0 Å². The zero-order valence-electron chi connectivity index (χ0n) is 10.9. The predicted molar refractivity (Wildman–Crippen MR) is 69.6 cm³/mol. The van der Waals surface area contributed by atoms with E-state index < -0.39 is 0 Å². The van der Waals surface area contributed by atoms with Crippen molar-refractivity contribution in [2.45, 2.75) is 0 Å². The first-order chi connectivity index (χ1) is 8.00. The summed E-state index contributed by atoms with van der Waals surface area (Å²) in [6.07, 6.45) is 0. The van der Waals surface area contributed by atoms with Crippen molar-refractivity contribution in [2.75, 3.05) is 46.2 Å². The number of ether oxygens (including phenoxy) is 1. The van der Waals surface area contributed by atoms with Crippen molar-refractivity contribution < 1.29 is 9.53 Å². The van der Waals surface area contributed by atoms with Gasteiger partial charge in [0.05, 0.1) is 5.56 Å². The summed E-state index contributed by atoms with van der Waals surface area (Å²) in [5.74, 6) is -0.267. The van der Waals surface area contributed by atoms with E-state index in [1.54, 1.807) is 12.1 Å². The number of rotatable bonds is 5. The van der Waals surface area contributed by atoms with Crippen molar-refractivity contribution in [1.82, 2.24) is 4.90 Å². The predicted octanol–water partition coefficient (Wildman–Crippen LogP) is 1.47. The van der Waals surface area contributed by atoms with Gasteiger partial charge >= 0.3 is 5.97 Å². The second-order valence-corrected chi connectivity index (χ2v) is 4.38. The maximum atomic E-state index is 11.7. The van der Waals surface area contributed by atoms with Gasteiger partial charge in [0, 0.05) is 26.3 Å². The molecule has 0 amide bonds. The summed E-state index contributed by atoms with van der Waals surface area (Å²) in [5.41, 5.74) is 1.66. The lowest BCUT2D eigenvalue weighted by Crippen LogP contribution is -2.20. The van der Waals surface area contributed by atoms with E-state index in [-0.39, 0.29) is 5.97 Å². The van der Waals surface area contributed by atoms with Crippen molar-refractivity contribution in [1.29, 1.82) is 0 Å². The third-order valence-electron chi connectivity index (χ3n) is 2.39. The normalized spacial score (nSPS) is 10.4. The van der Waals surface area contributed by atoms with Gasteiger partial charge in [-0.25, -0.2) is 4.79 Å². The Bertz CT molecular complexity index is 358. The molecule has 0 aromatic heterocycles. The first-order valence-electron chi connectivity index (χ1n) is 5.60. The third kappa shape index (κ3) is 4.44. The summed E-state index contributed by atoms with van der Waals surface area (Å²) in [6.45, 7) is 1.16. The van der Waals surface area contributed by atoms with Crippen LogP contribution in [0.25, 0.3) is 0 Å². The van der Waals surface area contributed by atoms with Gasteiger partial charge in [0.25, 0.3) is 0 Å². The number of hydrogen-bond donors (Lipinski definition) is 0. The van der Waals surface area contributed by atoms with Crippen molar-refractivity contribution in [2.24, 2.45) is 0 Å². The molecule has 94 valence electrons. The van der Waals surface area contributed by atoms with Gasteiger partial charge in [0.1, 0.15) is 6.61 Å². The summed E-state index contributed by atoms with van der Waals surface area (Å²) in [7, 11) is 7.81. The van der Waals surface area contributed by atoms with E-state index >= 15 is 0 Å². The molecule has 0 fully saturated rings. The standard InChI is InChI=1S/C13H20N2O2/c1-14(2)9-10-17-13(16)11-5-7-12(8-6-11)15(3)4/h5-8H,9-10H2,1-4H3. The molecule has 0 aliphatic carbocycles. The number of anilines is 1. The molecule has 0 heterocycles. The number of hydrogen-bond acceptors (Lipinski definition) is 4. The number of esters is 1. The zero-order valence-corrected chi connectivity index (χ0v) is 10.9. The van der Waals surface area contributed by atoms with E-state index in [1.807, 2.05) is 50.1 Å². The van der Waals surface area contributed by atoms with E-state index in [1.165, 1.54) is 0 Å². The van der Waals surface area contributed by atoms with Crippen LogP contribution in [0.3, 0.4) is 0 Å². The smallest absolute Gasteiger partial charge is 0.338 e. The Labute approximate surface area is 103 Å². The van der Waals surface area contributed by atoms with Gasteiger partial charge in [-0.3, -0.25) is 0 Å². The van der Waals surface area contributed by atoms with Crippen LogP contribution in [-0.4, -0.2) is 52.2 Å². The van der Waals surface area contributed by atoms with Crippen molar-refractivity contribution in [3.05, 3.63) is 29.8 Å². The second kappa shape index (κ2) is 6.25. The Balaban J connectivity index is 2.52. The first kappa shape index (κ1) is 13.5. The molecule has 0 saturated heterocycles. The third-order valence-corrected chi connectivity index (χ3v) is 2.39. The van der Waals surface area contributed by atoms with Gasteiger partial charge in [-0.1, -0.05) is 0 Å². The monoisotopic (exact) mass is 236 g/mol. The van der Waals surface area contributed by atoms with Crippen LogP contribution in [0, 0.1) is 0 Å². The van der Waals surface area contributed by atoms with Crippen LogP contribution < -0.4 is 4.90 Å². The lowest BCUT2D eigenvalue weighted by atomic mass is 10.2. The van der Waals surface area contributed by atoms with Gasteiger partial charge in [-0.15, -0.1) is 0 Å². The first-order valence-corrected chi connectivity index (χ1v) is 5.60. The molecule has 4 heteroatoms. The average Bonchev–Trinajstić information content (AvgIpc) is 2.28. The van der Waals surface area contributed by atoms with Gasteiger partial charge < -0.3 is 14.5 Å². The maximum absolute atomic E-state index is 11.7. The number of carbonyl (C=O) groups excluding carboxylic acids is 1. The number of likely N-dealkylation sites (N-methyl/N-ethyl adjacent to an activating group) is 1. The molecule has 0 aliphatic heterocycles. The van der Waals surface area contributed by atoms with E-state index in [4.69, 9.17) is 4.74 Å². The Hall–Kier alpha value is -1.55. The van der Waals surface area contributed by atoms with Gasteiger partial charge in [0.2, 0.25) is 0 Å². The summed E-state index contributed by atoms with van der Waals surface area (Å²) < 4.78 is 5.15. The molecule has 4 nitrogen and oxygen atoms in total. The molecule has 0 spiro atoms.